The predicted molar refractivity (Wildman–Crippen MR) is 193 cm³/mol. The van der Waals surface area contributed by atoms with E-state index in [2.05, 4.69) is 41.4 Å². The Kier molecular flexibility index (Phi) is 10.2. The van der Waals surface area contributed by atoms with Gasteiger partial charge >= 0.3 is 0 Å². The van der Waals surface area contributed by atoms with E-state index >= 15 is 0 Å². The molecular formula is C38H41N9O8. The molecule has 55 heavy (non-hydrogen) atoms. The highest BCUT2D eigenvalue weighted by molar-refractivity contribution is 6.06. The molecule has 1 aromatic carbocycles. The number of aryl methyl sites for hydroxylation is 2. The molecule has 1 fully saturated rings. The highest BCUT2D eigenvalue weighted by Gasteiger charge is 2.43. The fraction of sp³-hybridized carbons (Fsp3) is 0.395. The monoisotopic (exact) mass is 751 g/mol. The van der Waals surface area contributed by atoms with Gasteiger partial charge in [-0.3, -0.25) is 24.0 Å². The molecule has 5 aromatic rings. The van der Waals surface area contributed by atoms with Crippen LogP contribution in [-0.4, -0.2) is 79.2 Å². The molecule has 6 heterocycles. The third-order valence-corrected chi connectivity index (χ3v) is 9.64. The van der Waals surface area contributed by atoms with E-state index in [0.29, 0.717) is 28.8 Å². The summed E-state index contributed by atoms with van der Waals surface area (Å²) >= 11 is 0. The minimum Gasteiger partial charge on any atom is -0.446 e. The van der Waals surface area contributed by atoms with Crippen molar-refractivity contribution < 1.29 is 37.3 Å². The molecule has 0 aliphatic carbocycles. The smallest absolute Gasteiger partial charge is 0.276 e. The van der Waals surface area contributed by atoms with Crippen molar-refractivity contribution in [2.75, 3.05) is 6.54 Å². The van der Waals surface area contributed by atoms with Crippen LogP contribution in [0.5, 0.6) is 0 Å². The van der Waals surface area contributed by atoms with Crippen molar-refractivity contribution in [3.8, 4) is 0 Å². The Morgan fingerprint density at radius 2 is 1.65 bits per heavy atom. The van der Waals surface area contributed by atoms with Gasteiger partial charge in [0.2, 0.25) is 23.6 Å². The van der Waals surface area contributed by atoms with E-state index < -0.39 is 59.7 Å². The Bertz CT molecular complexity index is 2260. The molecule has 4 N–H and O–H groups in total. The van der Waals surface area contributed by atoms with Crippen molar-refractivity contribution in [1.29, 1.82) is 0 Å². The number of amides is 5. The van der Waals surface area contributed by atoms with Crippen LogP contribution in [0.2, 0.25) is 0 Å². The molecule has 5 amide bonds. The number of benzene rings is 1. The number of nitrogens with zero attached hydrogens (tertiary/aromatic N) is 5. The largest absolute Gasteiger partial charge is 0.446 e. The van der Waals surface area contributed by atoms with Crippen molar-refractivity contribution in [3.05, 3.63) is 94.6 Å². The zero-order valence-corrected chi connectivity index (χ0v) is 30.9. The molecule has 286 valence electrons. The lowest BCUT2D eigenvalue weighted by atomic mass is 10.0. The number of rotatable bonds is 6. The average molecular weight is 752 g/mol. The molecule has 1 saturated heterocycles. The van der Waals surface area contributed by atoms with E-state index in [-0.39, 0.29) is 54.2 Å². The summed E-state index contributed by atoms with van der Waals surface area (Å²) in [6, 6.07) is 6.58. The maximum atomic E-state index is 14.4. The second-order valence-corrected chi connectivity index (χ2v) is 14.4. The lowest BCUT2D eigenvalue weighted by Gasteiger charge is -2.25. The van der Waals surface area contributed by atoms with Crippen molar-refractivity contribution in [1.82, 2.24) is 46.3 Å². The van der Waals surface area contributed by atoms with Gasteiger partial charge < -0.3 is 39.5 Å². The number of hydrogen-bond donors (Lipinski definition) is 4. The van der Waals surface area contributed by atoms with Crippen molar-refractivity contribution in [2.45, 2.75) is 84.1 Å². The van der Waals surface area contributed by atoms with E-state index in [0.717, 1.165) is 5.56 Å². The molecule has 7 rings (SSSR count). The summed E-state index contributed by atoms with van der Waals surface area (Å²) in [4.78, 5) is 83.8. The van der Waals surface area contributed by atoms with Crippen LogP contribution < -0.4 is 21.3 Å². The topological polar surface area (TPSA) is 228 Å². The predicted octanol–water partition coefficient (Wildman–Crippen LogP) is 3.26. The summed E-state index contributed by atoms with van der Waals surface area (Å²) in [5, 5.41) is 16.0. The van der Waals surface area contributed by atoms with Crippen LogP contribution in [0.25, 0.3) is 11.1 Å². The van der Waals surface area contributed by atoms with Gasteiger partial charge in [0.15, 0.2) is 11.4 Å². The fourth-order valence-electron chi connectivity index (χ4n) is 6.99. The second-order valence-electron chi connectivity index (χ2n) is 14.4. The molecule has 4 bridgehead atoms. The summed E-state index contributed by atoms with van der Waals surface area (Å²) in [5.74, 6) is -2.61. The van der Waals surface area contributed by atoms with E-state index in [1.807, 2.05) is 44.2 Å². The van der Waals surface area contributed by atoms with Crippen LogP contribution in [0.3, 0.4) is 0 Å². The SMILES string of the molecule is Cc1cc(C(=O)N[C@H]2C[C@H]3C(=O)N[C@@H](Cc4ccccc4)c4nc(co4)C(=O)N[C@H](CC(C)C)C(=O)N[C@H](C)c4nc(co4)C(=O)N3C2)c2c(C)noc2n1. The van der Waals surface area contributed by atoms with Crippen molar-refractivity contribution in [2.24, 2.45) is 5.92 Å². The molecule has 17 nitrogen and oxygen atoms in total. The molecule has 0 spiro atoms. The van der Waals surface area contributed by atoms with Gasteiger partial charge in [0.25, 0.3) is 23.4 Å². The van der Waals surface area contributed by atoms with Gasteiger partial charge in [0, 0.05) is 24.7 Å². The summed E-state index contributed by atoms with van der Waals surface area (Å²) in [5.41, 5.74) is 2.20. The first kappa shape index (κ1) is 36.9. The third-order valence-electron chi connectivity index (χ3n) is 9.64. The van der Waals surface area contributed by atoms with E-state index in [1.54, 1.807) is 26.8 Å². The highest BCUT2D eigenvalue weighted by Crippen LogP contribution is 2.27. The number of pyridine rings is 1. The van der Waals surface area contributed by atoms with Crippen LogP contribution in [0.4, 0.5) is 0 Å². The standard InChI is InChI=1S/C38H41N9O8/c1-18(2)11-25-32(49)40-21(5)35-45-28(17-53-35)38(52)47-15-23(41-31(48)24-12-19(3)39-37-30(24)20(4)46-55-37)14-29(47)34(51)43-26(13-22-9-7-6-8-10-22)36-44-27(16-54-36)33(50)42-25/h6-10,12,16-18,21,23,25-26,29H,11,13-15H2,1-5H3,(H,40,49)(H,41,48)(H,42,50)(H,43,51)/t21-,23+,25-,26+,29+/m1/s1. The van der Waals surface area contributed by atoms with Gasteiger partial charge in [0.1, 0.15) is 36.7 Å². The van der Waals surface area contributed by atoms with Crippen molar-refractivity contribution in [3.63, 3.8) is 0 Å². The van der Waals surface area contributed by atoms with Gasteiger partial charge in [0.05, 0.1) is 16.6 Å². The average Bonchev–Trinajstić information content (AvgIpc) is 3.97. The van der Waals surface area contributed by atoms with E-state index in [1.165, 1.54) is 17.4 Å². The van der Waals surface area contributed by atoms with Crippen LogP contribution in [-0.2, 0) is 16.0 Å². The highest BCUT2D eigenvalue weighted by atomic mass is 16.5. The maximum absolute atomic E-state index is 14.4. The Morgan fingerprint density at radius 3 is 2.42 bits per heavy atom. The Balaban J connectivity index is 1.24. The molecule has 0 unspecified atom stereocenters. The second kappa shape index (κ2) is 15.2. The Labute approximate surface area is 315 Å². The number of carbonyl (C=O) groups excluding carboxylic acids is 5. The summed E-state index contributed by atoms with van der Waals surface area (Å²) in [7, 11) is 0. The first-order valence-electron chi connectivity index (χ1n) is 18.1. The maximum Gasteiger partial charge on any atom is 0.276 e. The molecule has 0 radical (unpaired) electrons. The molecule has 17 heteroatoms. The first-order chi connectivity index (χ1) is 26.3. The van der Waals surface area contributed by atoms with Gasteiger partial charge in [-0.15, -0.1) is 0 Å². The number of aromatic nitrogens is 4. The van der Waals surface area contributed by atoms with Gasteiger partial charge in [-0.25, -0.2) is 15.0 Å². The first-order valence-corrected chi connectivity index (χ1v) is 18.1. The fourth-order valence-corrected chi connectivity index (χ4v) is 6.99. The molecule has 2 aliphatic rings. The zero-order valence-electron chi connectivity index (χ0n) is 30.9. The van der Waals surface area contributed by atoms with Gasteiger partial charge in [-0.1, -0.05) is 49.3 Å². The number of fused-ring (bicyclic) bond motifs is 6. The number of carbonyl (C=O) groups is 5. The molecular weight excluding hydrogens is 710 g/mol. The molecule has 2 aliphatic heterocycles. The van der Waals surface area contributed by atoms with Crippen LogP contribution >= 0.6 is 0 Å². The minimum absolute atomic E-state index is 0.0390. The zero-order chi connectivity index (χ0) is 39.0. The number of hydrogen-bond acceptors (Lipinski definition) is 12. The van der Waals surface area contributed by atoms with Crippen LogP contribution in [0.15, 0.2) is 62.3 Å². The molecule has 0 saturated carbocycles. The van der Waals surface area contributed by atoms with Crippen LogP contribution in [0, 0.1) is 19.8 Å². The van der Waals surface area contributed by atoms with E-state index in [9.17, 15) is 24.0 Å². The Hall–Kier alpha value is -6.39. The summed E-state index contributed by atoms with van der Waals surface area (Å²) in [6.45, 7) is 8.86. The summed E-state index contributed by atoms with van der Waals surface area (Å²) < 4.78 is 16.8. The molecule has 5 atom stereocenters. The summed E-state index contributed by atoms with van der Waals surface area (Å²) in [6.07, 6.45) is 2.93. The third kappa shape index (κ3) is 7.81. The number of oxazole rings is 2. The van der Waals surface area contributed by atoms with Gasteiger partial charge in [-0.05, 0) is 51.2 Å². The minimum atomic E-state index is -1.08. The van der Waals surface area contributed by atoms with Crippen molar-refractivity contribution >= 4 is 40.6 Å². The normalized spacial score (nSPS) is 22.1. The van der Waals surface area contributed by atoms with E-state index in [4.69, 9.17) is 13.4 Å². The quantitative estimate of drug-likeness (QED) is 0.196. The molecule has 4 aromatic heterocycles. The van der Waals surface area contributed by atoms with Gasteiger partial charge in [-0.2, -0.15) is 0 Å². The van der Waals surface area contributed by atoms with Crippen LogP contribution in [0.1, 0.15) is 106 Å². The lowest BCUT2D eigenvalue weighted by molar-refractivity contribution is -0.126. The Morgan fingerprint density at radius 1 is 0.927 bits per heavy atom. The number of nitrogens with one attached hydrogen (secondary N) is 4. The lowest BCUT2D eigenvalue weighted by Crippen LogP contribution is -2.48.